The second-order valence-corrected chi connectivity index (χ2v) is 13.7. The maximum atomic E-state index is 13.6. The summed E-state index contributed by atoms with van der Waals surface area (Å²) in [6.45, 7) is 9.13. The number of phenolic OH excluding ortho intramolecular Hbond substituents is 1. The van der Waals surface area contributed by atoms with Crippen molar-refractivity contribution in [2.24, 2.45) is 0 Å². The number of aryl methyl sites for hydroxylation is 1. The number of fused-ring (bicyclic) bond motifs is 3. The molecule has 0 saturated carbocycles. The van der Waals surface area contributed by atoms with Crippen LogP contribution in [-0.4, -0.2) is 76.7 Å². The van der Waals surface area contributed by atoms with Gasteiger partial charge < -0.3 is 58.0 Å². The van der Waals surface area contributed by atoms with E-state index < -0.39 is 73.3 Å². The molecule has 5 unspecified atom stereocenters. The van der Waals surface area contributed by atoms with Gasteiger partial charge >= 0.3 is 5.63 Å². The topological polar surface area (TPSA) is 179 Å². The van der Waals surface area contributed by atoms with Crippen LogP contribution in [0.5, 0.6) is 17.2 Å². The van der Waals surface area contributed by atoms with Gasteiger partial charge in [-0.05, 0) is 38.5 Å². The van der Waals surface area contributed by atoms with E-state index in [2.05, 4.69) is 6.58 Å². The molecule has 52 heavy (non-hydrogen) atoms. The highest BCUT2D eigenvalue weighted by Crippen LogP contribution is 2.51. The summed E-state index contributed by atoms with van der Waals surface area (Å²) in [6, 6.07) is 17.7. The molecule has 3 N–H and O–H groups in total. The maximum Gasteiger partial charge on any atom is 0.344 e. The minimum absolute atomic E-state index is 0.138. The van der Waals surface area contributed by atoms with Crippen LogP contribution in [0.2, 0.25) is 0 Å². The first-order valence-corrected chi connectivity index (χ1v) is 17.1. The highest BCUT2D eigenvalue weighted by atomic mass is 16.8. The standard InChI is InChI=1S/C39H35O13/c1-15-13-14-22-26-23(15)36(44)49-33-25-20(29(41)24(27(26)33)16(2)45-22)11-8-12-21(25)48-39-35(52-38-31(43)30(42)28(40)17(3)46-38)34-32(18(4)47-39)50-37(51-34)19-9-6-5-7-10-19/h5-14,17-18,28,30-32,34-35,37-41,43H,2H2,1,3-4H3/q-1/t17?,18-,28-,30?,31?,32-,34?,35?,37+,38+,39+/m0/s1. The predicted octanol–water partition coefficient (Wildman–Crippen LogP) is 3.66. The minimum Gasteiger partial charge on any atom is -0.848 e. The Morgan fingerprint density at radius 1 is 0.808 bits per heavy atom. The van der Waals surface area contributed by atoms with Gasteiger partial charge in [0.1, 0.15) is 35.2 Å². The van der Waals surface area contributed by atoms with Crippen molar-refractivity contribution in [2.45, 2.75) is 88.5 Å². The summed E-state index contributed by atoms with van der Waals surface area (Å²) in [6.07, 6.45) is -12.8. The van der Waals surface area contributed by atoms with Gasteiger partial charge in [0.25, 0.3) is 0 Å². The second-order valence-electron chi connectivity index (χ2n) is 13.7. The van der Waals surface area contributed by atoms with E-state index >= 15 is 0 Å². The highest BCUT2D eigenvalue weighted by molar-refractivity contribution is 6.24. The molecule has 13 heteroatoms. The molecular formula is C39H35O13-. The van der Waals surface area contributed by atoms with Gasteiger partial charge in [-0.3, -0.25) is 0 Å². The number of benzene rings is 4. The third-order valence-corrected chi connectivity index (χ3v) is 10.4. The zero-order valence-corrected chi connectivity index (χ0v) is 28.3. The minimum atomic E-state index is -1.81. The van der Waals surface area contributed by atoms with Gasteiger partial charge in [0.05, 0.1) is 40.8 Å². The fraction of sp³-hybridized carbons (Fsp3) is 0.359. The summed E-state index contributed by atoms with van der Waals surface area (Å²) < 4.78 is 50.0. The zero-order chi connectivity index (χ0) is 36.2. The Balaban J connectivity index is 1.18. The molecule has 0 bridgehead atoms. The maximum absolute atomic E-state index is 13.6. The third kappa shape index (κ3) is 4.96. The SMILES string of the molecule is C=C1Oc2ccc(C)c3c(=O)oc4c5c(O[C@H]6O[C@@H](C)[C@@H]7O[C@@H](c8ccccc8)OC7C6O[C@H]6OC(C)[C@H](O)C([O-])C6O)cccc5c(O)c1c4c23. The molecule has 4 aromatic carbocycles. The van der Waals surface area contributed by atoms with E-state index in [0.717, 1.165) is 5.56 Å². The number of hydrogen-bond donors (Lipinski definition) is 3. The van der Waals surface area contributed by atoms with E-state index in [9.17, 15) is 25.2 Å². The molecule has 3 fully saturated rings. The lowest BCUT2D eigenvalue weighted by Gasteiger charge is -2.48. The Kier molecular flexibility index (Phi) is 7.84. The van der Waals surface area contributed by atoms with Crippen molar-refractivity contribution in [2.75, 3.05) is 0 Å². The lowest BCUT2D eigenvalue weighted by atomic mass is 9.92. The molecule has 0 aliphatic carbocycles. The van der Waals surface area contributed by atoms with Crippen LogP contribution in [0.1, 0.15) is 36.8 Å². The molecule has 3 saturated heterocycles. The number of aliphatic hydroxyl groups is 2. The number of aromatic hydroxyl groups is 1. The Morgan fingerprint density at radius 2 is 1.56 bits per heavy atom. The lowest BCUT2D eigenvalue weighted by Crippen LogP contribution is -2.65. The number of aliphatic hydroxyl groups excluding tert-OH is 2. The number of rotatable bonds is 5. The van der Waals surface area contributed by atoms with E-state index in [1.54, 1.807) is 44.2 Å². The Labute approximate surface area is 296 Å². The van der Waals surface area contributed by atoms with E-state index in [1.807, 2.05) is 30.3 Å². The number of ether oxygens (including phenoxy) is 7. The highest BCUT2D eigenvalue weighted by Gasteiger charge is 2.55. The molecule has 0 spiro atoms. The van der Waals surface area contributed by atoms with Gasteiger partial charge in [-0.25, -0.2) is 4.79 Å². The van der Waals surface area contributed by atoms with Crippen molar-refractivity contribution < 1.29 is 58.0 Å². The summed E-state index contributed by atoms with van der Waals surface area (Å²) in [5, 5.41) is 47.5. The van der Waals surface area contributed by atoms with Gasteiger partial charge in [-0.1, -0.05) is 61.2 Å². The van der Waals surface area contributed by atoms with Crippen molar-refractivity contribution in [1.29, 1.82) is 0 Å². The first kappa shape index (κ1) is 33.3. The third-order valence-electron chi connectivity index (χ3n) is 10.4. The molecular weight excluding hydrogens is 676 g/mol. The molecule has 4 aliphatic rings. The van der Waals surface area contributed by atoms with Crippen molar-refractivity contribution in [3.8, 4) is 17.2 Å². The molecule has 4 aliphatic heterocycles. The molecule has 270 valence electrons. The normalized spacial score (nSPS) is 32.7. The summed E-state index contributed by atoms with van der Waals surface area (Å²) in [5.41, 5.74) is 1.24. The summed E-state index contributed by atoms with van der Waals surface area (Å²) in [7, 11) is 0. The van der Waals surface area contributed by atoms with Crippen molar-refractivity contribution in [1.82, 2.24) is 0 Å². The van der Waals surface area contributed by atoms with Crippen LogP contribution in [0.25, 0.3) is 38.3 Å². The molecule has 0 radical (unpaired) electrons. The van der Waals surface area contributed by atoms with Crippen molar-refractivity contribution >= 4 is 38.3 Å². The van der Waals surface area contributed by atoms with Gasteiger partial charge in [0, 0.05) is 21.7 Å². The quantitative estimate of drug-likeness (QED) is 0.178. The monoisotopic (exact) mass is 711 g/mol. The van der Waals surface area contributed by atoms with E-state index in [0.29, 0.717) is 27.5 Å². The Hall–Kier alpha value is -4.57. The summed E-state index contributed by atoms with van der Waals surface area (Å²) in [5.74, 6) is 0.577. The number of phenols is 1. The largest absolute Gasteiger partial charge is 0.848 e. The predicted molar refractivity (Wildman–Crippen MR) is 182 cm³/mol. The molecule has 0 amide bonds. The summed E-state index contributed by atoms with van der Waals surface area (Å²) >= 11 is 0. The molecule has 1 aromatic heterocycles. The van der Waals surface area contributed by atoms with E-state index in [-0.39, 0.29) is 39.2 Å². The fourth-order valence-corrected chi connectivity index (χ4v) is 7.80. The smallest absolute Gasteiger partial charge is 0.344 e. The van der Waals surface area contributed by atoms with Crippen molar-refractivity contribution in [3.05, 3.63) is 94.4 Å². The lowest BCUT2D eigenvalue weighted by molar-refractivity contribution is -0.490. The van der Waals surface area contributed by atoms with Gasteiger partial charge in [-0.15, -0.1) is 0 Å². The molecule has 9 rings (SSSR count). The first-order valence-electron chi connectivity index (χ1n) is 17.1. The fourth-order valence-electron chi connectivity index (χ4n) is 7.80. The van der Waals surface area contributed by atoms with Crippen molar-refractivity contribution in [3.63, 3.8) is 0 Å². The molecule has 11 atom stereocenters. The second kappa shape index (κ2) is 12.3. The average Bonchev–Trinajstić information content (AvgIpc) is 3.59. The van der Waals surface area contributed by atoms with E-state index in [1.165, 1.54) is 6.92 Å². The Morgan fingerprint density at radius 3 is 2.35 bits per heavy atom. The first-order chi connectivity index (χ1) is 25.0. The van der Waals surface area contributed by atoms with Crippen LogP contribution in [0.4, 0.5) is 0 Å². The number of hydrogen-bond acceptors (Lipinski definition) is 13. The Bertz CT molecular complexity index is 2300. The van der Waals surface area contributed by atoms with Gasteiger partial charge in [0.2, 0.25) is 6.29 Å². The van der Waals surface area contributed by atoms with Crippen LogP contribution in [0.3, 0.4) is 0 Å². The van der Waals surface area contributed by atoms with E-state index in [4.69, 9.17) is 37.6 Å². The van der Waals surface area contributed by atoms with Crippen LogP contribution in [0.15, 0.2) is 76.5 Å². The molecule has 5 heterocycles. The van der Waals surface area contributed by atoms with Crippen LogP contribution in [-0.2, 0) is 23.7 Å². The van der Waals surface area contributed by atoms with Crippen LogP contribution < -0.4 is 20.2 Å². The van der Waals surface area contributed by atoms with Crippen LogP contribution in [0, 0.1) is 6.92 Å². The zero-order valence-electron chi connectivity index (χ0n) is 28.3. The summed E-state index contributed by atoms with van der Waals surface area (Å²) in [4.78, 5) is 13.6. The average molecular weight is 712 g/mol. The molecule has 13 nitrogen and oxygen atoms in total. The van der Waals surface area contributed by atoms with Crippen LogP contribution >= 0.6 is 0 Å². The molecule has 5 aromatic rings. The van der Waals surface area contributed by atoms with Gasteiger partial charge in [-0.2, -0.15) is 0 Å². The van der Waals surface area contributed by atoms with Gasteiger partial charge in [0.15, 0.2) is 24.3 Å².